The molecule has 1 fully saturated rings. The highest BCUT2D eigenvalue weighted by molar-refractivity contribution is 5.80. The standard InChI is InChI=1S/C13H27N3O/c1-9(2)13(8-14,10(3)4)16-7-5-6-11(16)12(15)17/h9-11H,5-8,14H2,1-4H3,(H2,15,17). The smallest absolute Gasteiger partial charge is 0.234 e. The van der Waals surface area contributed by atoms with E-state index in [2.05, 4.69) is 32.6 Å². The van der Waals surface area contributed by atoms with E-state index in [9.17, 15) is 4.79 Å². The van der Waals surface area contributed by atoms with Crippen molar-refractivity contribution in [2.45, 2.75) is 52.1 Å². The lowest BCUT2D eigenvalue weighted by Gasteiger charge is -2.49. The van der Waals surface area contributed by atoms with Crippen molar-refractivity contribution in [2.75, 3.05) is 13.1 Å². The Morgan fingerprint density at radius 2 is 1.88 bits per heavy atom. The molecule has 4 nitrogen and oxygen atoms in total. The van der Waals surface area contributed by atoms with Crippen LogP contribution in [0.5, 0.6) is 0 Å². The first kappa shape index (κ1) is 14.5. The molecule has 0 saturated carbocycles. The lowest BCUT2D eigenvalue weighted by atomic mass is 9.75. The van der Waals surface area contributed by atoms with Crippen LogP contribution in [0.25, 0.3) is 0 Å². The topological polar surface area (TPSA) is 72.3 Å². The van der Waals surface area contributed by atoms with Gasteiger partial charge in [-0.2, -0.15) is 0 Å². The fraction of sp³-hybridized carbons (Fsp3) is 0.923. The summed E-state index contributed by atoms with van der Waals surface area (Å²) in [4.78, 5) is 13.8. The van der Waals surface area contributed by atoms with Crippen molar-refractivity contribution in [3.8, 4) is 0 Å². The van der Waals surface area contributed by atoms with Crippen molar-refractivity contribution < 1.29 is 4.79 Å². The molecule has 1 amide bonds. The molecular formula is C13H27N3O. The molecule has 0 aromatic rings. The Hall–Kier alpha value is -0.610. The number of carbonyl (C=O) groups is 1. The summed E-state index contributed by atoms with van der Waals surface area (Å²) in [6.07, 6.45) is 1.91. The van der Waals surface area contributed by atoms with Gasteiger partial charge in [-0.3, -0.25) is 9.69 Å². The van der Waals surface area contributed by atoms with Crippen LogP contribution in [0, 0.1) is 11.8 Å². The van der Waals surface area contributed by atoms with Crippen molar-refractivity contribution >= 4 is 5.91 Å². The highest BCUT2D eigenvalue weighted by Crippen LogP contribution is 2.37. The molecule has 1 aliphatic rings. The van der Waals surface area contributed by atoms with E-state index in [1.165, 1.54) is 0 Å². The van der Waals surface area contributed by atoms with Gasteiger partial charge in [-0.15, -0.1) is 0 Å². The van der Waals surface area contributed by atoms with Crippen molar-refractivity contribution in [3.05, 3.63) is 0 Å². The third-order valence-electron chi connectivity index (χ3n) is 4.44. The molecular weight excluding hydrogens is 214 g/mol. The van der Waals surface area contributed by atoms with Gasteiger partial charge in [0.15, 0.2) is 0 Å². The van der Waals surface area contributed by atoms with Crippen LogP contribution in [0.3, 0.4) is 0 Å². The first-order valence-corrected chi connectivity index (χ1v) is 6.64. The number of nitrogens with two attached hydrogens (primary N) is 2. The number of carbonyl (C=O) groups excluding carboxylic acids is 1. The zero-order valence-electron chi connectivity index (χ0n) is 11.6. The second-order valence-electron chi connectivity index (χ2n) is 5.76. The number of rotatable bonds is 5. The molecule has 4 N–H and O–H groups in total. The van der Waals surface area contributed by atoms with Gasteiger partial charge in [0.1, 0.15) is 0 Å². The second kappa shape index (κ2) is 5.36. The van der Waals surface area contributed by atoms with Gasteiger partial charge in [0.2, 0.25) is 5.91 Å². The number of hydrogen-bond donors (Lipinski definition) is 2. The minimum atomic E-state index is -0.207. The summed E-state index contributed by atoms with van der Waals surface area (Å²) >= 11 is 0. The zero-order chi connectivity index (χ0) is 13.2. The van der Waals surface area contributed by atoms with Crippen LogP contribution in [-0.4, -0.2) is 35.5 Å². The van der Waals surface area contributed by atoms with E-state index in [1.54, 1.807) is 0 Å². The third kappa shape index (κ3) is 2.33. The van der Waals surface area contributed by atoms with Crippen LogP contribution >= 0.6 is 0 Å². The van der Waals surface area contributed by atoms with Crippen LogP contribution in [0.2, 0.25) is 0 Å². The average Bonchev–Trinajstić information content (AvgIpc) is 2.67. The summed E-state index contributed by atoms with van der Waals surface area (Å²) in [7, 11) is 0. The minimum Gasteiger partial charge on any atom is -0.368 e. The van der Waals surface area contributed by atoms with E-state index in [0.29, 0.717) is 18.4 Å². The maximum Gasteiger partial charge on any atom is 0.234 e. The molecule has 100 valence electrons. The summed E-state index contributed by atoms with van der Waals surface area (Å²) in [6.45, 7) is 10.2. The molecule has 1 unspecified atom stereocenters. The van der Waals surface area contributed by atoms with E-state index in [0.717, 1.165) is 19.4 Å². The summed E-state index contributed by atoms with van der Waals surface area (Å²) in [5.74, 6) is 0.613. The average molecular weight is 241 g/mol. The zero-order valence-corrected chi connectivity index (χ0v) is 11.6. The number of primary amides is 1. The largest absolute Gasteiger partial charge is 0.368 e. The van der Waals surface area contributed by atoms with Gasteiger partial charge in [-0.05, 0) is 31.2 Å². The Balaban J connectivity index is 3.09. The predicted octanol–water partition coefficient (Wildman–Crippen LogP) is 0.946. The molecule has 0 spiro atoms. The Morgan fingerprint density at radius 1 is 1.35 bits per heavy atom. The molecule has 1 rings (SSSR count). The molecule has 0 aliphatic carbocycles. The van der Waals surface area contributed by atoms with E-state index >= 15 is 0 Å². The van der Waals surface area contributed by atoms with Crippen LogP contribution in [0.15, 0.2) is 0 Å². The van der Waals surface area contributed by atoms with Crippen molar-refractivity contribution in [1.82, 2.24) is 4.90 Å². The summed E-state index contributed by atoms with van der Waals surface area (Å²) in [5, 5.41) is 0. The SMILES string of the molecule is CC(C)C(CN)(C(C)C)N1CCCC1C(N)=O. The second-order valence-corrected chi connectivity index (χ2v) is 5.76. The normalized spacial score (nSPS) is 22.6. The van der Waals surface area contributed by atoms with Crippen LogP contribution in [0.1, 0.15) is 40.5 Å². The van der Waals surface area contributed by atoms with Crippen LogP contribution in [0.4, 0.5) is 0 Å². The van der Waals surface area contributed by atoms with Crippen molar-refractivity contribution in [1.29, 1.82) is 0 Å². The van der Waals surface area contributed by atoms with E-state index in [-0.39, 0.29) is 17.5 Å². The number of hydrogen-bond acceptors (Lipinski definition) is 3. The Morgan fingerprint density at radius 3 is 2.24 bits per heavy atom. The first-order chi connectivity index (χ1) is 7.87. The molecule has 0 bridgehead atoms. The molecule has 0 aromatic carbocycles. The molecule has 0 aromatic heterocycles. The minimum absolute atomic E-state index is 0.115. The predicted molar refractivity (Wildman–Crippen MR) is 70.4 cm³/mol. The van der Waals surface area contributed by atoms with Crippen molar-refractivity contribution in [2.24, 2.45) is 23.3 Å². The summed E-state index contributed by atoms with van der Waals surface area (Å²) in [6, 6.07) is -0.136. The Bertz CT molecular complexity index is 268. The van der Waals surface area contributed by atoms with Gasteiger partial charge in [0.05, 0.1) is 6.04 Å². The van der Waals surface area contributed by atoms with E-state index < -0.39 is 0 Å². The fourth-order valence-corrected chi connectivity index (χ4v) is 3.48. The van der Waals surface area contributed by atoms with Gasteiger partial charge in [-0.1, -0.05) is 27.7 Å². The monoisotopic (exact) mass is 241 g/mol. The number of nitrogens with zero attached hydrogens (tertiary/aromatic N) is 1. The molecule has 1 atom stereocenters. The summed E-state index contributed by atoms with van der Waals surface area (Å²) in [5.41, 5.74) is 11.5. The first-order valence-electron chi connectivity index (χ1n) is 6.64. The summed E-state index contributed by atoms with van der Waals surface area (Å²) < 4.78 is 0. The molecule has 4 heteroatoms. The van der Waals surface area contributed by atoms with Gasteiger partial charge >= 0.3 is 0 Å². The Labute approximate surface area is 105 Å². The number of likely N-dealkylation sites (tertiary alicyclic amines) is 1. The van der Waals surface area contributed by atoms with Gasteiger partial charge in [-0.25, -0.2) is 0 Å². The maximum atomic E-state index is 11.6. The van der Waals surface area contributed by atoms with E-state index in [4.69, 9.17) is 11.5 Å². The van der Waals surface area contributed by atoms with Gasteiger partial charge in [0.25, 0.3) is 0 Å². The fourth-order valence-electron chi connectivity index (χ4n) is 3.48. The molecule has 1 saturated heterocycles. The Kier molecular flexibility index (Phi) is 4.55. The van der Waals surface area contributed by atoms with Gasteiger partial charge in [0, 0.05) is 12.1 Å². The number of amides is 1. The molecule has 17 heavy (non-hydrogen) atoms. The van der Waals surface area contributed by atoms with E-state index in [1.807, 2.05) is 0 Å². The van der Waals surface area contributed by atoms with Gasteiger partial charge < -0.3 is 11.5 Å². The third-order valence-corrected chi connectivity index (χ3v) is 4.44. The highest BCUT2D eigenvalue weighted by Gasteiger charge is 2.47. The quantitative estimate of drug-likeness (QED) is 0.752. The molecule has 1 aliphatic heterocycles. The van der Waals surface area contributed by atoms with Crippen molar-refractivity contribution in [3.63, 3.8) is 0 Å². The lowest BCUT2D eigenvalue weighted by Crippen LogP contribution is -2.64. The highest BCUT2D eigenvalue weighted by atomic mass is 16.1. The maximum absolute atomic E-state index is 11.6. The molecule has 1 heterocycles. The lowest BCUT2D eigenvalue weighted by molar-refractivity contribution is -0.126. The van der Waals surface area contributed by atoms with Crippen LogP contribution < -0.4 is 11.5 Å². The van der Waals surface area contributed by atoms with Crippen LogP contribution in [-0.2, 0) is 4.79 Å². The molecule has 0 radical (unpaired) electrons.